The molecule has 0 radical (unpaired) electrons. The fourth-order valence-electron chi connectivity index (χ4n) is 2.72. The zero-order valence-corrected chi connectivity index (χ0v) is 12.8. The molecule has 0 aliphatic carbocycles. The Morgan fingerprint density at radius 1 is 1.45 bits per heavy atom. The van der Waals surface area contributed by atoms with Crippen LogP contribution in [0, 0.1) is 5.92 Å². The van der Waals surface area contributed by atoms with Crippen molar-refractivity contribution in [1.29, 1.82) is 0 Å². The Bertz CT molecular complexity index is 405. The molecular weight excluding hydrogens is 250 g/mol. The maximum atomic E-state index is 9.67. The summed E-state index contributed by atoms with van der Waals surface area (Å²) in [4.78, 5) is 6.90. The minimum absolute atomic E-state index is 0.217. The largest absolute Gasteiger partial charge is 0.393 e. The summed E-state index contributed by atoms with van der Waals surface area (Å²) in [5.41, 5.74) is 2.26. The zero-order chi connectivity index (χ0) is 14.5. The summed E-state index contributed by atoms with van der Waals surface area (Å²) in [5, 5.41) is 13.1. The molecule has 2 heterocycles. The van der Waals surface area contributed by atoms with E-state index in [0.717, 1.165) is 38.2 Å². The highest BCUT2D eigenvalue weighted by atomic mass is 16.3. The van der Waals surface area contributed by atoms with Crippen LogP contribution in [0.2, 0.25) is 0 Å². The summed E-state index contributed by atoms with van der Waals surface area (Å²) < 4.78 is 0. The van der Waals surface area contributed by atoms with Gasteiger partial charge >= 0.3 is 0 Å². The fraction of sp³-hybridized carbons (Fsp3) is 0.688. The van der Waals surface area contributed by atoms with Crippen molar-refractivity contribution in [2.45, 2.75) is 45.8 Å². The maximum absolute atomic E-state index is 9.67. The molecule has 3 atom stereocenters. The van der Waals surface area contributed by atoms with Crippen molar-refractivity contribution in [3.63, 3.8) is 0 Å². The molecule has 1 aliphatic heterocycles. The summed E-state index contributed by atoms with van der Waals surface area (Å²) >= 11 is 0. The quantitative estimate of drug-likeness (QED) is 0.838. The van der Waals surface area contributed by atoms with Crippen LogP contribution in [0.15, 0.2) is 18.3 Å². The number of rotatable bonds is 6. The number of nitrogens with one attached hydrogen (secondary N) is 1. The molecule has 2 N–H and O–H groups in total. The highest BCUT2D eigenvalue weighted by Gasteiger charge is 2.26. The molecule has 4 heteroatoms. The van der Waals surface area contributed by atoms with Crippen molar-refractivity contribution in [3.05, 3.63) is 24.0 Å². The van der Waals surface area contributed by atoms with Gasteiger partial charge in [-0.05, 0) is 45.4 Å². The summed E-state index contributed by atoms with van der Waals surface area (Å²) in [6.07, 6.45) is 3.94. The van der Waals surface area contributed by atoms with Crippen molar-refractivity contribution in [1.82, 2.24) is 10.3 Å². The van der Waals surface area contributed by atoms with Gasteiger partial charge in [-0.25, -0.2) is 0 Å². The molecule has 112 valence electrons. The van der Waals surface area contributed by atoms with Gasteiger partial charge in [0.2, 0.25) is 0 Å². The first-order valence-electron chi connectivity index (χ1n) is 7.74. The van der Waals surface area contributed by atoms with E-state index in [-0.39, 0.29) is 6.10 Å². The average Bonchev–Trinajstić information content (AvgIpc) is 2.95. The Hall–Kier alpha value is -1.13. The van der Waals surface area contributed by atoms with Crippen LogP contribution >= 0.6 is 0 Å². The number of aliphatic hydroxyl groups is 1. The topological polar surface area (TPSA) is 48.4 Å². The molecule has 2 rings (SSSR count). The van der Waals surface area contributed by atoms with Crippen molar-refractivity contribution < 1.29 is 5.11 Å². The van der Waals surface area contributed by atoms with E-state index in [4.69, 9.17) is 0 Å². The molecule has 0 bridgehead atoms. The van der Waals surface area contributed by atoms with Crippen LogP contribution in [-0.2, 0) is 0 Å². The second-order valence-electron chi connectivity index (χ2n) is 5.85. The van der Waals surface area contributed by atoms with Crippen LogP contribution in [0.1, 0.15) is 45.3 Å². The third kappa shape index (κ3) is 3.70. The fourth-order valence-corrected chi connectivity index (χ4v) is 2.72. The molecule has 0 saturated carbocycles. The summed E-state index contributed by atoms with van der Waals surface area (Å²) in [5.74, 6) is 0.389. The van der Waals surface area contributed by atoms with Gasteiger partial charge in [0, 0.05) is 25.0 Å². The van der Waals surface area contributed by atoms with Gasteiger partial charge in [-0.15, -0.1) is 0 Å². The summed E-state index contributed by atoms with van der Waals surface area (Å²) in [7, 11) is 0. The van der Waals surface area contributed by atoms with Gasteiger partial charge in [0.25, 0.3) is 0 Å². The first kappa shape index (κ1) is 15.3. The number of hydrogen-bond donors (Lipinski definition) is 2. The molecular formula is C16H27N3O. The third-order valence-corrected chi connectivity index (χ3v) is 4.19. The smallest absolute Gasteiger partial charge is 0.0572 e. The van der Waals surface area contributed by atoms with E-state index in [1.165, 1.54) is 5.69 Å². The molecule has 20 heavy (non-hydrogen) atoms. The SMILES string of the molecule is CCCNC(C)c1ccc(N2CCC(C(C)O)C2)cn1. The zero-order valence-electron chi connectivity index (χ0n) is 12.8. The minimum Gasteiger partial charge on any atom is -0.393 e. The van der Waals surface area contributed by atoms with Gasteiger partial charge < -0.3 is 15.3 Å². The van der Waals surface area contributed by atoms with Gasteiger partial charge in [0.15, 0.2) is 0 Å². The van der Waals surface area contributed by atoms with E-state index in [1.807, 2.05) is 13.1 Å². The predicted molar refractivity (Wildman–Crippen MR) is 82.9 cm³/mol. The van der Waals surface area contributed by atoms with Gasteiger partial charge in [-0.1, -0.05) is 6.92 Å². The molecule has 3 unspecified atom stereocenters. The number of anilines is 1. The Kier molecular flexibility index (Phi) is 5.38. The molecule has 1 aliphatic rings. The van der Waals surface area contributed by atoms with E-state index in [0.29, 0.717) is 12.0 Å². The van der Waals surface area contributed by atoms with Gasteiger partial charge in [-0.3, -0.25) is 4.98 Å². The lowest BCUT2D eigenvalue weighted by atomic mass is 10.0. The van der Waals surface area contributed by atoms with E-state index >= 15 is 0 Å². The second-order valence-corrected chi connectivity index (χ2v) is 5.85. The first-order valence-corrected chi connectivity index (χ1v) is 7.74. The normalized spacial score (nSPS) is 22.0. The van der Waals surface area contributed by atoms with Crippen LogP contribution in [0.4, 0.5) is 5.69 Å². The minimum atomic E-state index is -0.217. The predicted octanol–water partition coefficient (Wildman–Crippen LogP) is 2.35. The van der Waals surface area contributed by atoms with E-state index in [1.54, 1.807) is 0 Å². The van der Waals surface area contributed by atoms with Crippen LogP contribution in [0.25, 0.3) is 0 Å². The highest BCUT2D eigenvalue weighted by Crippen LogP contribution is 2.25. The Morgan fingerprint density at radius 3 is 2.80 bits per heavy atom. The van der Waals surface area contributed by atoms with Gasteiger partial charge in [0.1, 0.15) is 0 Å². The monoisotopic (exact) mass is 277 g/mol. The number of hydrogen-bond acceptors (Lipinski definition) is 4. The molecule has 0 spiro atoms. The van der Waals surface area contributed by atoms with E-state index < -0.39 is 0 Å². The summed E-state index contributed by atoms with van der Waals surface area (Å²) in [6.45, 7) is 9.17. The molecule has 1 aromatic rings. The average molecular weight is 277 g/mol. The number of pyridine rings is 1. The van der Waals surface area contributed by atoms with Gasteiger partial charge in [-0.2, -0.15) is 0 Å². The van der Waals surface area contributed by atoms with E-state index in [2.05, 4.69) is 41.2 Å². The van der Waals surface area contributed by atoms with Crippen molar-refractivity contribution in [2.75, 3.05) is 24.5 Å². The van der Waals surface area contributed by atoms with Crippen LogP contribution in [0.5, 0.6) is 0 Å². The lowest BCUT2D eigenvalue weighted by Crippen LogP contribution is -2.24. The molecule has 0 amide bonds. The second kappa shape index (κ2) is 7.04. The van der Waals surface area contributed by atoms with Crippen molar-refractivity contribution in [2.24, 2.45) is 5.92 Å². The lowest BCUT2D eigenvalue weighted by molar-refractivity contribution is 0.136. The Labute approximate surface area is 122 Å². The number of aromatic nitrogens is 1. The van der Waals surface area contributed by atoms with E-state index in [9.17, 15) is 5.11 Å². The highest BCUT2D eigenvalue weighted by molar-refractivity contribution is 5.45. The number of aliphatic hydroxyl groups excluding tert-OH is 1. The Balaban J connectivity index is 1.95. The third-order valence-electron chi connectivity index (χ3n) is 4.19. The van der Waals surface area contributed by atoms with Crippen LogP contribution < -0.4 is 10.2 Å². The lowest BCUT2D eigenvalue weighted by Gasteiger charge is -2.20. The standard InChI is InChI=1S/C16H27N3O/c1-4-8-17-12(2)16-6-5-15(10-18-16)19-9-7-14(11-19)13(3)20/h5-6,10,12-14,17,20H,4,7-9,11H2,1-3H3. The number of nitrogens with zero attached hydrogens (tertiary/aromatic N) is 2. The van der Waals surface area contributed by atoms with Crippen molar-refractivity contribution >= 4 is 5.69 Å². The summed E-state index contributed by atoms with van der Waals surface area (Å²) in [6, 6.07) is 4.56. The molecule has 0 aromatic carbocycles. The van der Waals surface area contributed by atoms with Crippen molar-refractivity contribution in [3.8, 4) is 0 Å². The molecule has 1 saturated heterocycles. The van der Waals surface area contributed by atoms with Crippen LogP contribution in [-0.4, -0.2) is 35.8 Å². The van der Waals surface area contributed by atoms with Gasteiger partial charge in [0.05, 0.1) is 23.7 Å². The Morgan fingerprint density at radius 2 is 2.25 bits per heavy atom. The maximum Gasteiger partial charge on any atom is 0.0572 e. The molecule has 1 aromatic heterocycles. The molecule has 1 fully saturated rings. The molecule has 4 nitrogen and oxygen atoms in total. The van der Waals surface area contributed by atoms with Crippen LogP contribution in [0.3, 0.4) is 0 Å². The first-order chi connectivity index (χ1) is 9.61.